The van der Waals surface area contributed by atoms with Crippen LogP contribution in [0.1, 0.15) is 16.8 Å². The average Bonchev–Trinajstić information content (AvgIpc) is 3.05. The molecule has 1 aliphatic heterocycles. The summed E-state index contributed by atoms with van der Waals surface area (Å²) in [5.41, 5.74) is -0.343. The Morgan fingerprint density at radius 1 is 1.36 bits per heavy atom. The van der Waals surface area contributed by atoms with Crippen LogP contribution in [0.25, 0.3) is 11.0 Å². The topological polar surface area (TPSA) is 67.3 Å². The first-order chi connectivity index (χ1) is 10.3. The first kappa shape index (κ1) is 14.6. The minimum absolute atomic E-state index is 0.0983. The maximum absolute atomic E-state index is 12.5. The van der Waals surface area contributed by atoms with E-state index < -0.39 is 18.4 Å². The molecule has 0 atom stereocenters. The van der Waals surface area contributed by atoms with E-state index in [1.165, 1.54) is 23.3 Å². The Hall–Kier alpha value is -2.29. The molecule has 22 heavy (non-hydrogen) atoms. The number of aromatic nitrogens is 2. The zero-order chi connectivity index (χ0) is 15.9. The number of hydrogen-bond donors (Lipinski definition) is 1. The highest BCUT2D eigenvalue weighted by Gasteiger charge is 2.30. The van der Waals surface area contributed by atoms with Crippen molar-refractivity contribution in [2.75, 3.05) is 13.2 Å². The number of nitrogens with zero attached hydrogens (tertiary/aromatic N) is 2. The lowest BCUT2D eigenvalue weighted by Crippen LogP contribution is -2.26. The molecule has 1 fully saturated rings. The van der Waals surface area contributed by atoms with E-state index in [9.17, 15) is 22.8 Å². The number of carbonyl (C=O) groups excluding carboxylic acids is 1. The number of rotatable bonds is 2. The molecule has 0 saturated carbocycles. The number of imidazole rings is 1. The van der Waals surface area contributed by atoms with Crippen LogP contribution in [-0.4, -0.2) is 39.8 Å². The largest absolute Gasteiger partial charge is 0.406 e. The summed E-state index contributed by atoms with van der Waals surface area (Å²) >= 11 is 0. The molecule has 2 heterocycles. The van der Waals surface area contributed by atoms with Crippen molar-refractivity contribution in [1.82, 2.24) is 14.6 Å². The summed E-state index contributed by atoms with van der Waals surface area (Å²) < 4.78 is 38.1. The number of carbonyl (C=O) groups is 1. The molecule has 0 spiro atoms. The lowest BCUT2D eigenvalue weighted by Gasteiger charge is -2.13. The molecular formula is C13H12F3N3O3. The molecule has 1 saturated heterocycles. The van der Waals surface area contributed by atoms with Crippen molar-refractivity contribution in [1.29, 1.82) is 0 Å². The van der Waals surface area contributed by atoms with Crippen molar-refractivity contribution in [3.63, 3.8) is 0 Å². The number of aromatic amines is 1. The highest BCUT2D eigenvalue weighted by atomic mass is 19.4. The van der Waals surface area contributed by atoms with Crippen LogP contribution >= 0.6 is 0 Å². The fourth-order valence-electron chi connectivity index (χ4n) is 2.38. The Bertz CT molecular complexity index is 772. The van der Waals surface area contributed by atoms with Crippen LogP contribution in [0.15, 0.2) is 23.0 Å². The van der Waals surface area contributed by atoms with Crippen LogP contribution in [0, 0.1) is 0 Å². The predicted octanol–water partition coefficient (Wildman–Crippen LogP) is 1.67. The van der Waals surface area contributed by atoms with Crippen molar-refractivity contribution < 1.29 is 22.8 Å². The van der Waals surface area contributed by atoms with Gasteiger partial charge in [0.15, 0.2) is 0 Å². The quantitative estimate of drug-likeness (QED) is 0.916. The standard InChI is InChI=1S/C13H12F3N3O3/c14-13(15,16)7-18-10-3-2-8(6-9(10)17-12(18)21)11(20)19-4-1-5-22-19/h2-3,6H,1,4-5,7H2,(H,17,21). The third-order valence-corrected chi connectivity index (χ3v) is 3.34. The van der Waals surface area contributed by atoms with Gasteiger partial charge in [0.05, 0.1) is 24.2 Å². The van der Waals surface area contributed by atoms with Gasteiger partial charge < -0.3 is 4.98 Å². The molecule has 0 unspecified atom stereocenters. The van der Waals surface area contributed by atoms with Crippen LogP contribution < -0.4 is 5.69 Å². The molecular weight excluding hydrogens is 303 g/mol. The molecule has 1 amide bonds. The lowest BCUT2D eigenvalue weighted by molar-refractivity contribution is -0.140. The second-order valence-electron chi connectivity index (χ2n) is 4.96. The van der Waals surface area contributed by atoms with E-state index in [-0.39, 0.29) is 22.5 Å². The lowest BCUT2D eigenvalue weighted by atomic mass is 10.2. The Morgan fingerprint density at radius 2 is 2.14 bits per heavy atom. The number of H-pyrrole nitrogens is 1. The highest BCUT2D eigenvalue weighted by molar-refractivity contribution is 5.96. The summed E-state index contributed by atoms with van der Waals surface area (Å²) in [4.78, 5) is 31.2. The molecule has 1 aromatic heterocycles. The van der Waals surface area contributed by atoms with Gasteiger partial charge >= 0.3 is 11.9 Å². The first-order valence-electron chi connectivity index (χ1n) is 6.59. The summed E-state index contributed by atoms with van der Waals surface area (Å²) in [5.74, 6) is -0.385. The van der Waals surface area contributed by atoms with E-state index in [1.54, 1.807) is 0 Å². The van der Waals surface area contributed by atoms with E-state index in [2.05, 4.69) is 4.98 Å². The summed E-state index contributed by atoms with van der Waals surface area (Å²) in [6, 6.07) is 4.06. The second kappa shape index (κ2) is 5.16. The van der Waals surface area contributed by atoms with Gasteiger partial charge in [-0.05, 0) is 24.6 Å². The van der Waals surface area contributed by atoms with E-state index >= 15 is 0 Å². The number of hydroxylamine groups is 2. The van der Waals surface area contributed by atoms with E-state index in [1.807, 2.05) is 0 Å². The van der Waals surface area contributed by atoms with Gasteiger partial charge in [-0.1, -0.05) is 0 Å². The summed E-state index contributed by atoms with van der Waals surface area (Å²) in [5, 5.41) is 1.20. The number of alkyl halides is 3. The molecule has 2 aromatic rings. The third-order valence-electron chi connectivity index (χ3n) is 3.34. The summed E-state index contributed by atoms with van der Waals surface area (Å²) in [6.45, 7) is -0.469. The van der Waals surface area contributed by atoms with Gasteiger partial charge in [0.25, 0.3) is 5.91 Å². The molecule has 0 bridgehead atoms. The van der Waals surface area contributed by atoms with E-state index in [0.29, 0.717) is 17.7 Å². The smallest absolute Gasteiger partial charge is 0.306 e. The van der Waals surface area contributed by atoms with Gasteiger partial charge in [0.2, 0.25) is 0 Å². The SMILES string of the molecule is O=C(c1ccc2c(c1)[nH]c(=O)n2CC(F)(F)F)N1CCCO1. The Kier molecular flexibility index (Phi) is 3.44. The monoisotopic (exact) mass is 315 g/mol. The third kappa shape index (κ3) is 2.71. The fraction of sp³-hybridized carbons (Fsp3) is 0.385. The zero-order valence-electron chi connectivity index (χ0n) is 11.3. The number of nitrogens with one attached hydrogen (secondary N) is 1. The Morgan fingerprint density at radius 3 is 2.77 bits per heavy atom. The first-order valence-corrected chi connectivity index (χ1v) is 6.59. The van der Waals surface area contributed by atoms with E-state index in [4.69, 9.17) is 4.84 Å². The molecule has 3 rings (SSSR count). The van der Waals surface area contributed by atoms with Crippen LogP contribution in [0.2, 0.25) is 0 Å². The van der Waals surface area contributed by atoms with Gasteiger partial charge in [-0.2, -0.15) is 13.2 Å². The van der Waals surface area contributed by atoms with Crippen molar-refractivity contribution in [3.05, 3.63) is 34.2 Å². The molecule has 0 radical (unpaired) electrons. The Labute approximate surface area is 122 Å². The normalized spacial score (nSPS) is 15.7. The molecule has 6 nitrogen and oxygen atoms in total. The van der Waals surface area contributed by atoms with Crippen molar-refractivity contribution in [2.24, 2.45) is 0 Å². The number of hydrogen-bond acceptors (Lipinski definition) is 3. The zero-order valence-corrected chi connectivity index (χ0v) is 11.3. The maximum Gasteiger partial charge on any atom is 0.406 e. The van der Waals surface area contributed by atoms with Gasteiger partial charge in [-0.3, -0.25) is 14.2 Å². The predicted molar refractivity (Wildman–Crippen MR) is 70.2 cm³/mol. The number of amides is 1. The van der Waals surface area contributed by atoms with Crippen LogP contribution in [-0.2, 0) is 11.4 Å². The second-order valence-corrected chi connectivity index (χ2v) is 4.96. The Balaban J connectivity index is 1.98. The number of benzene rings is 1. The highest BCUT2D eigenvalue weighted by Crippen LogP contribution is 2.21. The van der Waals surface area contributed by atoms with Gasteiger partial charge in [0, 0.05) is 5.56 Å². The molecule has 1 N–H and O–H groups in total. The summed E-state index contributed by atoms with van der Waals surface area (Å²) in [7, 11) is 0. The molecule has 0 aliphatic carbocycles. The van der Waals surface area contributed by atoms with Crippen LogP contribution in [0.3, 0.4) is 0 Å². The number of fused-ring (bicyclic) bond motifs is 1. The van der Waals surface area contributed by atoms with Gasteiger partial charge in [-0.25, -0.2) is 9.86 Å². The van der Waals surface area contributed by atoms with Crippen molar-refractivity contribution in [3.8, 4) is 0 Å². The maximum atomic E-state index is 12.5. The molecule has 1 aromatic carbocycles. The number of halogens is 3. The van der Waals surface area contributed by atoms with Gasteiger partial charge in [-0.15, -0.1) is 0 Å². The molecule has 118 valence electrons. The van der Waals surface area contributed by atoms with Crippen LogP contribution in [0.4, 0.5) is 13.2 Å². The van der Waals surface area contributed by atoms with Crippen LogP contribution in [0.5, 0.6) is 0 Å². The minimum Gasteiger partial charge on any atom is -0.306 e. The molecule has 9 heteroatoms. The average molecular weight is 315 g/mol. The van der Waals surface area contributed by atoms with Gasteiger partial charge in [0.1, 0.15) is 6.54 Å². The van der Waals surface area contributed by atoms with Crippen molar-refractivity contribution >= 4 is 16.9 Å². The minimum atomic E-state index is -4.50. The molecule has 1 aliphatic rings. The summed E-state index contributed by atoms with van der Waals surface area (Å²) in [6.07, 6.45) is -3.77. The van der Waals surface area contributed by atoms with E-state index in [0.717, 1.165) is 6.42 Å². The van der Waals surface area contributed by atoms with Crippen molar-refractivity contribution in [2.45, 2.75) is 19.1 Å². The fourth-order valence-corrected chi connectivity index (χ4v) is 2.38.